The third-order valence-electron chi connectivity index (χ3n) is 2.80. The third-order valence-corrected chi connectivity index (χ3v) is 2.80. The smallest absolute Gasteiger partial charge is 0.178 e. The molecule has 0 aliphatic rings. The molecule has 0 saturated carbocycles. The lowest BCUT2D eigenvalue weighted by Gasteiger charge is -2.02. The lowest BCUT2D eigenvalue weighted by Crippen LogP contribution is -1.91. The van der Waals surface area contributed by atoms with Crippen molar-refractivity contribution in [3.05, 3.63) is 48.4 Å². The van der Waals surface area contributed by atoms with Crippen LogP contribution < -0.4 is 5.73 Å². The van der Waals surface area contributed by atoms with Crippen molar-refractivity contribution in [3.63, 3.8) is 0 Å². The average molecular weight is 252 g/mol. The summed E-state index contributed by atoms with van der Waals surface area (Å²) in [6.07, 6.45) is 3.44. The van der Waals surface area contributed by atoms with E-state index in [0.29, 0.717) is 17.1 Å². The van der Waals surface area contributed by atoms with Crippen molar-refractivity contribution in [2.75, 3.05) is 5.73 Å². The van der Waals surface area contributed by atoms with Crippen LogP contribution in [0.5, 0.6) is 0 Å². The maximum atomic E-state index is 5.89. The van der Waals surface area contributed by atoms with Crippen molar-refractivity contribution < 1.29 is 4.52 Å². The minimum atomic E-state index is 0.336. The van der Waals surface area contributed by atoms with Gasteiger partial charge in [-0.1, -0.05) is 11.2 Å². The van der Waals surface area contributed by atoms with Gasteiger partial charge in [0.25, 0.3) is 0 Å². The van der Waals surface area contributed by atoms with Crippen LogP contribution in [0.3, 0.4) is 0 Å². The van der Waals surface area contributed by atoms with Gasteiger partial charge in [0.1, 0.15) is 0 Å². The first-order valence-electron chi connectivity index (χ1n) is 5.85. The number of nitrogens with two attached hydrogens (primary N) is 1. The van der Waals surface area contributed by atoms with Crippen LogP contribution in [0.2, 0.25) is 0 Å². The second kappa shape index (κ2) is 4.53. The minimum absolute atomic E-state index is 0.336. The topological polar surface area (TPSA) is 77.8 Å². The summed E-state index contributed by atoms with van der Waals surface area (Å²) in [6, 6.07) is 9.41. The Morgan fingerprint density at radius 2 is 2.00 bits per heavy atom. The van der Waals surface area contributed by atoms with Gasteiger partial charge in [-0.25, -0.2) is 0 Å². The van der Waals surface area contributed by atoms with Crippen LogP contribution in [0.15, 0.2) is 47.2 Å². The molecule has 3 rings (SSSR count). The number of nitrogens with zero attached hydrogens (tertiary/aromatic N) is 3. The summed E-state index contributed by atoms with van der Waals surface area (Å²) >= 11 is 0. The summed E-state index contributed by atoms with van der Waals surface area (Å²) in [7, 11) is 0. The minimum Gasteiger partial charge on any atom is -0.380 e. The SMILES string of the molecule is Cc1cc(-c2onc(N)c2-c2ccccn2)ccn1. The largest absolute Gasteiger partial charge is 0.380 e. The van der Waals surface area contributed by atoms with Gasteiger partial charge in [-0.15, -0.1) is 0 Å². The molecular formula is C14H12N4O. The molecule has 0 amide bonds. The average Bonchev–Trinajstić information content (AvgIpc) is 2.82. The Morgan fingerprint density at radius 3 is 2.74 bits per heavy atom. The Balaban J connectivity index is 2.19. The highest BCUT2D eigenvalue weighted by atomic mass is 16.5. The fourth-order valence-electron chi connectivity index (χ4n) is 1.94. The second-order valence-electron chi connectivity index (χ2n) is 4.17. The lowest BCUT2D eigenvalue weighted by molar-refractivity contribution is 0.436. The highest BCUT2D eigenvalue weighted by Crippen LogP contribution is 2.35. The normalized spacial score (nSPS) is 10.6. The van der Waals surface area contributed by atoms with Gasteiger partial charge in [0.05, 0.1) is 11.3 Å². The summed E-state index contributed by atoms with van der Waals surface area (Å²) in [5.41, 5.74) is 9.13. The Labute approximate surface area is 110 Å². The molecule has 0 bridgehead atoms. The number of rotatable bonds is 2. The molecule has 3 aromatic rings. The zero-order chi connectivity index (χ0) is 13.2. The maximum absolute atomic E-state index is 5.89. The van der Waals surface area contributed by atoms with E-state index in [1.807, 2.05) is 37.3 Å². The second-order valence-corrected chi connectivity index (χ2v) is 4.17. The molecule has 5 nitrogen and oxygen atoms in total. The predicted molar refractivity (Wildman–Crippen MR) is 72.1 cm³/mol. The fraction of sp³-hybridized carbons (Fsp3) is 0.0714. The van der Waals surface area contributed by atoms with E-state index in [0.717, 1.165) is 17.0 Å². The summed E-state index contributed by atoms with van der Waals surface area (Å²) in [6.45, 7) is 1.92. The van der Waals surface area contributed by atoms with E-state index in [-0.39, 0.29) is 0 Å². The van der Waals surface area contributed by atoms with Gasteiger partial charge in [0.15, 0.2) is 11.6 Å². The molecule has 0 radical (unpaired) electrons. The first-order valence-corrected chi connectivity index (χ1v) is 5.85. The molecule has 3 heterocycles. The fourth-order valence-corrected chi connectivity index (χ4v) is 1.94. The molecule has 0 aliphatic heterocycles. The van der Waals surface area contributed by atoms with Crippen molar-refractivity contribution in [1.29, 1.82) is 0 Å². The van der Waals surface area contributed by atoms with E-state index < -0.39 is 0 Å². The molecule has 0 aromatic carbocycles. The molecule has 0 aliphatic carbocycles. The molecular weight excluding hydrogens is 240 g/mol. The van der Waals surface area contributed by atoms with Crippen molar-refractivity contribution >= 4 is 5.82 Å². The maximum Gasteiger partial charge on any atom is 0.178 e. The van der Waals surface area contributed by atoms with Gasteiger partial charge in [0.2, 0.25) is 0 Å². The van der Waals surface area contributed by atoms with Crippen LogP contribution in [0.1, 0.15) is 5.69 Å². The molecule has 0 saturated heterocycles. The lowest BCUT2D eigenvalue weighted by atomic mass is 10.1. The molecule has 19 heavy (non-hydrogen) atoms. The third kappa shape index (κ3) is 2.06. The van der Waals surface area contributed by atoms with Gasteiger partial charge in [-0.2, -0.15) is 0 Å². The van der Waals surface area contributed by atoms with Gasteiger partial charge >= 0.3 is 0 Å². The standard InChI is InChI=1S/C14H12N4O/c1-9-8-10(5-7-16-9)13-12(14(15)18-19-13)11-4-2-3-6-17-11/h2-8H,1H3,(H2,15,18). The molecule has 0 atom stereocenters. The van der Waals surface area contributed by atoms with E-state index in [1.54, 1.807) is 12.4 Å². The van der Waals surface area contributed by atoms with E-state index >= 15 is 0 Å². The monoisotopic (exact) mass is 252 g/mol. The van der Waals surface area contributed by atoms with E-state index in [2.05, 4.69) is 15.1 Å². The molecule has 94 valence electrons. The van der Waals surface area contributed by atoms with Crippen molar-refractivity contribution in [3.8, 4) is 22.6 Å². The summed E-state index contributed by atoms with van der Waals surface area (Å²) in [4.78, 5) is 8.46. The Kier molecular flexibility index (Phi) is 2.72. The number of hydrogen-bond acceptors (Lipinski definition) is 5. The number of nitrogen functional groups attached to an aromatic ring is 1. The van der Waals surface area contributed by atoms with Crippen LogP contribution in [0.4, 0.5) is 5.82 Å². The van der Waals surface area contributed by atoms with Crippen LogP contribution in [0, 0.1) is 6.92 Å². The van der Waals surface area contributed by atoms with Crippen molar-refractivity contribution in [1.82, 2.24) is 15.1 Å². The van der Waals surface area contributed by atoms with Crippen LogP contribution in [0.25, 0.3) is 22.6 Å². The molecule has 2 N–H and O–H groups in total. The van der Waals surface area contributed by atoms with E-state index in [9.17, 15) is 0 Å². The molecule has 3 aromatic heterocycles. The van der Waals surface area contributed by atoms with Gasteiger partial charge < -0.3 is 10.3 Å². The Morgan fingerprint density at radius 1 is 1.11 bits per heavy atom. The number of aromatic nitrogens is 3. The summed E-state index contributed by atoms with van der Waals surface area (Å²) in [5, 5.41) is 3.84. The zero-order valence-electron chi connectivity index (χ0n) is 10.4. The number of pyridine rings is 2. The first kappa shape index (κ1) is 11.4. The molecule has 5 heteroatoms. The van der Waals surface area contributed by atoms with E-state index in [4.69, 9.17) is 10.3 Å². The molecule has 0 fully saturated rings. The number of hydrogen-bond donors (Lipinski definition) is 1. The van der Waals surface area contributed by atoms with Crippen molar-refractivity contribution in [2.24, 2.45) is 0 Å². The first-order chi connectivity index (χ1) is 9.25. The summed E-state index contributed by atoms with van der Waals surface area (Å²) < 4.78 is 5.35. The molecule has 0 spiro atoms. The highest BCUT2D eigenvalue weighted by molar-refractivity contribution is 5.84. The quantitative estimate of drug-likeness (QED) is 0.758. The Hall–Kier alpha value is -2.69. The zero-order valence-corrected chi connectivity index (χ0v) is 10.4. The number of aryl methyl sites for hydroxylation is 1. The van der Waals surface area contributed by atoms with Crippen LogP contribution >= 0.6 is 0 Å². The van der Waals surface area contributed by atoms with Crippen LogP contribution in [-0.2, 0) is 0 Å². The Bertz CT molecular complexity index is 706. The molecule has 0 unspecified atom stereocenters. The van der Waals surface area contributed by atoms with Crippen molar-refractivity contribution in [2.45, 2.75) is 6.92 Å². The summed E-state index contributed by atoms with van der Waals surface area (Å²) in [5.74, 6) is 0.949. The van der Waals surface area contributed by atoms with Gasteiger partial charge in [0, 0.05) is 23.7 Å². The van der Waals surface area contributed by atoms with E-state index in [1.165, 1.54) is 0 Å². The van der Waals surface area contributed by atoms with Gasteiger partial charge in [-0.3, -0.25) is 9.97 Å². The number of anilines is 1. The predicted octanol–water partition coefficient (Wildman–Crippen LogP) is 2.69. The van der Waals surface area contributed by atoms with Crippen LogP contribution in [-0.4, -0.2) is 15.1 Å². The highest BCUT2D eigenvalue weighted by Gasteiger charge is 2.18. The van der Waals surface area contributed by atoms with Gasteiger partial charge in [-0.05, 0) is 31.2 Å².